The van der Waals surface area contributed by atoms with E-state index >= 15 is 0 Å². The molecule has 3 aliphatic carbocycles. The normalized spacial score (nSPS) is 30.0. The summed E-state index contributed by atoms with van der Waals surface area (Å²) in [5.74, 6) is -1.67. The van der Waals surface area contributed by atoms with Gasteiger partial charge in [0.1, 0.15) is 17.4 Å². The minimum atomic E-state index is -0.635. The van der Waals surface area contributed by atoms with Crippen molar-refractivity contribution in [2.75, 3.05) is 7.11 Å². The molecular formula is C17H18F2O3. The highest BCUT2D eigenvalue weighted by Crippen LogP contribution is 2.74. The van der Waals surface area contributed by atoms with E-state index in [4.69, 9.17) is 4.74 Å². The van der Waals surface area contributed by atoms with Crippen LogP contribution in [0, 0.1) is 22.5 Å². The van der Waals surface area contributed by atoms with Crippen LogP contribution >= 0.6 is 0 Å². The highest BCUT2D eigenvalue weighted by molar-refractivity contribution is 5.95. The second-order valence-corrected chi connectivity index (χ2v) is 6.81. The van der Waals surface area contributed by atoms with E-state index in [0.717, 1.165) is 6.07 Å². The van der Waals surface area contributed by atoms with Gasteiger partial charge in [-0.25, -0.2) is 8.78 Å². The molecule has 1 atom stereocenters. The van der Waals surface area contributed by atoms with Crippen molar-refractivity contribution < 1.29 is 23.1 Å². The number of hydrogen-bond donors (Lipinski definition) is 0. The van der Waals surface area contributed by atoms with Gasteiger partial charge in [-0.1, -0.05) is 6.92 Å². The minimum absolute atomic E-state index is 0.0791. The topological polar surface area (TPSA) is 43.4 Å². The molecule has 4 rings (SSSR count). The van der Waals surface area contributed by atoms with Crippen molar-refractivity contribution in [1.82, 2.24) is 0 Å². The zero-order valence-electron chi connectivity index (χ0n) is 12.6. The predicted molar refractivity (Wildman–Crippen MR) is 75.1 cm³/mol. The molecule has 0 aliphatic heterocycles. The van der Waals surface area contributed by atoms with E-state index < -0.39 is 22.5 Å². The van der Waals surface area contributed by atoms with Crippen LogP contribution in [0.25, 0.3) is 0 Å². The van der Waals surface area contributed by atoms with E-state index in [0.29, 0.717) is 24.8 Å². The summed E-state index contributed by atoms with van der Waals surface area (Å²) in [6, 6.07) is 3.34. The third-order valence-corrected chi connectivity index (χ3v) is 5.19. The fourth-order valence-electron chi connectivity index (χ4n) is 3.99. The molecule has 0 spiro atoms. The van der Waals surface area contributed by atoms with Gasteiger partial charge in [-0.2, -0.15) is 0 Å². The van der Waals surface area contributed by atoms with E-state index in [-0.39, 0.29) is 24.1 Å². The molecule has 0 radical (unpaired) electrons. The molecular weight excluding hydrogens is 290 g/mol. The number of benzene rings is 1. The number of esters is 1. The van der Waals surface area contributed by atoms with E-state index in [9.17, 15) is 18.4 Å². The maximum atomic E-state index is 13.2. The molecule has 0 saturated heterocycles. The van der Waals surface area contributed by atoms with E-state index in [1.807, 2.05) is 0 Å². The monoisotopic (exact) mass is 308 g/mol. The summed E-state index contributed by atoms with van der Waals surface area (Å²) in [5, 5.41) is 0. The van der Waals surface area contributed by atoms with Gasteiger partial charge in [-0.3, -0.25) is 9.59 Å². The van der Waals surface area contributed by atoms with Gasteiger partial charge in [0.05, 0.1) is 12.5 Å². The Morgan fingerprint density at radius 3 is 2.18 bits per heavy atom. The summed E-state index contributed by atoms with van der Waals surface area (Å²) < 4.78 is 31.3. The number of Topliss-reactive ketones (excluding diaryl/α,β-unsaturated/α-hetero) is 1. The quantitative estimate of drug-likeness (QED) is 0.783. The van der Waals surface area contributed by atoms with Gasteiger partial charge in [-0.15, -0.1) is 0 Å². The lowest BCUT2D eigenvalue weighted by Gasteiger charge is -2.67. The van der Waals surface area contributed by atoms with Crippen LogP contribution < -0.4 is 0 Å². The van der Waals surface area contributed by atoms with Crippen molar-refractivity contribution in [3.8, 4) is 0 Å². The largest absolute Gasteiger partial charge is 0.469 e. The number of carbonyl (C=O) groups excluding carboxylic acids is 2. The summed E-state index contributed by atoms with van der Waals surface area (Å²) in [5.41, 5.74) is -0.368. The molecule has 0 amide bonds. The fourth-order valence-corrected chi connectivity index (χ4v) is 3.99. The molecule has 0 heterocycles. The molecule has 5 heteroatoms. The molecule has 2 bridgehead atoms. The highest BCUT2D eigenvalue weighted by atomic mass is 19.1. The van der Waals surface area contributed by atoms with Gasteiger partial charge < -0.3 is 4.74 Å². The second kappa shape index (κ2) is 4.86. The summed E-state index contributed by atoms with van der Waals surface area (Å²) in [4.78, 5) is 24.1. The first-order valence-corrected chi connectivity index (χ1v) is 7.38. The Morgan fingerprint density at radius 2 is 1.68 bits per heavy atom. The summed E-state index contributed by atoms with van der Waals surface area (Å²) in [6.45, 7) is 1.79. The van der Waals surface area contributed by atoms with E-state index in [1.54, 1.807) is 6.92 Å². The van der Waals surface area contributed by atoms with Crippen LogP contribution in [0.1, 0.15) is 44.1 Å². The molecule has 0 aromatic heterocycles. The Bertz CT molecular complexity index is 613. The lowest BCUT2D eigenvalue weighted by Crippen LogP contribution is -2.68. The Kier molecular flexibility index (Phi) is 3.34. The van der Waals surface area contributed by atoms with Gasteiger partial charge in [0, 0.05) is 17.9 Å². The number of ketones is 1. The van der Waals surface area contributed by atoms with Crippen LogP contribution in [0.3, 0.4) is 0 Å². The van der Waals surface area contributed by atoms with Crippen LogP contribution in [0.15, 0.2) is 18.2 Å². The Labute approximate surface area is 127 Å². The molecule has 0 N–H and O–H groups in total. The van der Waals surface area contributed by atoms with Gasteiger partial charge in [-0.05, 0) is 42.9 Å². The van der Waals surface area contributed by atoms with Gasteiger partial charge in [0.25, 0.3) is 0 Å². The van der Waals surface area contributed by atoms with Crippen molar-refractivity contribution in [2.24, 2.45) is 10.8 Å². The van der Waals surface area contributed by atoms with Gasteiger partial charge >= 0.3 is 5.97 Å². The average Bonchev–Trinajstić information content (AvgIpc) is 2.33. The van der Waals surface area contributed by atoms with Gasteiger partial charge in [0.2, 0.25) is 0 Å². The van der Waals surface area contributed by atoms with Crippen LogP contribution in [0.4, 0.5) is 8.78 Å². The van der Waals surface area contributed by atoms with Crippen LogP contribution in [-0.4, -0.2) is 18.9 Å². The zero-order chi connectivity index (χ0) is 16.1. The first-order chi connectivity index (χ1) is 10.3. The van der Waals surface area contributed by atoms with Gasteiger partial charge in [0.15, 0.2) is 0 Å². The molecule has 3 nitrogen and oxygen atoms in total. The van der Waals surface area contributed by atoms with Crippen molar-refractivity contribution in [1.29, 1.82) is 0 Å². The second-order valence-electron chi connectivity index (χ2n) is 6.81. The Balaban J connectivity index is 1.63. The highest BCUT2D eigenvalue weighted by Gasteiger charge is 2.74. The SMILES string of the molecule is COC(=O)C12CC(C(=O)C[C@@H](C)c3cc(F)cc(F)c3)(C1)C2. The lowest BCUT2D eigenvalue weighted by atomic mass is 9.33. The number of methoxy groups -OCH3 is 1. The molecule has 22 heavy (non-hydrogen) atoms. The number of rotatable bonds is 5. The number of halogens is 2. The van der Waals surface area contributed by atoms with Crippen LogP contribution in [0.2, 0.25) is 0 Å². The maximum Gasteiger partial charge on any atom is 0.311 e. The van der Waals surface area contributed by atoms with Crippen molar-refractivity contribution in [3.05, 3.63) is 35.4 Å². The minimum Gasteiger partial charge on any atom is -0.469 e. The van der Waals surface area contributed by atoms with Crippen LogP contribution in [-0.2, 0) is 14.3 Å². The number of ether oxygens (including phenoxy) is 1. The Hall–Kier alpha value is -1.78. The van der Waals surface area contributed by atoms with Crippen molar-refractivity contribution in [2.45, 2.75) is 38.5 Å². The predicted octanol–water partition coefficient (Wildman–Crippen LogP) is 3.37. The Morgan fingerprint density at radius 1 is 1.14 bits per heavy atom. The summed E-state index contributed by atoms with van der Waals surface area (Å²) in [6.07, 6.45) is 1.89. The zero-order valence-corrected chi connectivity index (χ0v) is 12.6. The standard InChI is InChI=1S/C17H18F2O3/c1-10(11-4-12(18)6-13(19)5-11)3-14(20)16-7-17(8-16,9-16)15(21)22-2/h4-6,10H,3,7-9H2,1-2H3/t10-,16?,17?/m1/s1. The smallest absolute Gasteiger partial charge is 0.311 e. The number of hydrogen-bond acceptors (Lipinski definition) is 3. The third-order valence-electron chi connectivity index (χ3n) is 5.19. The number of carbonyl (C=O) groups is 2. The maximum absolute atomic E-state index is 13.2. The average molecular weight is 308 g/mol. The molecule has 118 valence electrons. The summed E-state index contributed by atoms with van der Waals surface area (Å²) >= 11 is 0. The lowest BCUT2D eigenvalue weighted by molar-refractivity contribution is -0.221. The molecule has 1 aromatic carbocycles. The first kappa shape index (κ1) is 15.1. The molecule has 3 fully saturated rings. The van der Waals surface area contributed by atoms with E-state index in [1.165, 1.54) is 19.2 Å². The fraction of sp³-hybridized carbons (Fsp3) is 0.529. The first-order valence-electron chi connectivity index (χ1n) is 7.38. The van der Waals surface area contributed by atoms with E-state index in [2.05, 4.69) is 0 Å². The molecule has 3 aliphatic rings. The van der Waals surface area contributed by atoms with Crippen molar-refractivity contribution >= 4 is 11.8 Å². The summed E-state index contributed by atoms with van der Waals surface area (Å²) in [7, 11) is 1.36. The molecule has 3 saturated carbocycles. The van der Waals surface area contributed by atoms with Crippen molar-refractivity contribution in [3.63, 3.8) is 0 Å². The third kappa shape index (κ3) is 2.14. The molecule has 0 unspecified atom stereocenters. The molecule has 1 aromatic rings. The van der Waals surface area contributed by atoms with Crippen LogP contribution in [0.5, 0.6) is 0 Å².